The second-order valence-corrected chi connectivity index (χ2v) is 6.11. The van der Waals surface area contributed by atoms with Crippen molar-refractivity contribution in [2.75, 3.05) is 31.5 Å². The highest BCUT2D eigenvalue weighted by atomic mass is 16.5. The van der Waals surface area contributed by atoms with E-state index in [1.165, 1.54) is 7.11 Å². The third kappa shape index (κ3) is 4.22. The van der Waals surface area contributed by atoms with Crippen molar-refractivity contribution in [1.29, 1.82) is 0 Å². The van der Waals surface area contributed by atoms with Crippen LogP contribution in [-0.4, -0.2) is 32.6 Å². The summed E-state index contributed by atoms with van der Waals surface area (Å²) >= 11 is 0. The van der Waals surface area contributed by atoms with Crippen molar-refractivity contribution in [3.05, 3.63) is 18.2 Å². The number of hydrogen-bond acceptors (Lipinski definition) is 4. The van der Waals surface area contributed by atoms with Crippen LogP contribution in [0.15, 0.2) is 18.2 Å². The highest BCUT2D eigenvalue weighted by molar-refractivity contribution is 6.02. The molecule has 0 aromatic heterocycles. The maximum atomic E-state index is 12.6. The number of methoxy groups -OCH3 is 2. The molecular weight excluding hydrogens is 296 g/mol. The Bertz CT molecular complexity index is 580. The zero-order chi connectivity index (χ0) is 16.9. The first-order chi connectivity index (χ1) is 11.0. The Kier molecular flexibility index (Phi) is 5.60. The molecule has 126 valence electrons. The summed E-state index contributed by atoms with van der Waals surface area (Å²) in [6.45, 7) is 1.94. The molecule has 6 nitrogen and oxygen atoms in total. The highest BCUT2D eigenvalue weighted by Crippen LogP contribution is 2.39. The molecule has 1 aromatic carbocycles. The van der Waals surface area contributed by atoms with Crippen molar-refractivity contribution < 1.29 is 19.1 Å². The van der Waals surface area contributed by atoms with E-state index in [1.54, 1.807) is 25.3 Å². The van der Waals surface area contributed by atoms with Crippen LogP contribution in [0.3, 0.4) is 0 Å². The molecule has 2 rings (SSSR count). The summed E-state index contributed by atoms with van der Waals surface area (Å²) in [5.74, 6) is 0.312. The average molecular weight is 320 g/mol. The summed E-state index contributed by atoms with van der Waals surface area (Å²) < 4.78 is 10.0. The lowest BCUT2D eigenvalue weighted by Gasteiger charge is -2.23. The summed E-state index contributed by atoms with van der Waals surface area (Å²) in [4.78, 5) is 24.4. The van der Waals surface area contributed by atoms with Crippen molar-refractivity contribution in [2.24, 2.45) is 5.41 Å². The number of ether oxygens (including phenoxy) is 2. The summed E-state index contributed by atoms with van der Waals surface area (Å²) in [6.07, 6.45) is 3.90. The first-order valence-corrected chi connectivity index (χ1v) is 7.77. The Labute approximate surface area is 136 Å². The van der Waals surface area contributed by atoms with Gasteiger partial charge >= 0.3 is 0 Å². The number of hydrogen-bond donors (Lipinski definition) is 2. The molecule has 2 amide bonds. The molecule has 1 aromatic rings. The maximum Gasteiger partial charge on any atom is 0.250 e. The molecule has 0 aliphatic heterocycles. The summed E-state index contributed by atoms with van der Waals surface area (Å²) in [5.41, 5.74) is 0.714. The van der Waals surface area contributed by atoms with E-state index in [-0.39, 0.29) is 23.8 Å². The van der Waals surface area contributed by atoms with E-state index in [0.717, 1.165) is 25.7 Å². The zero-order valence-electron chi connectivity index (χ0n) is 13.9. The monoisotopic (exact) mass is 320 g/mol. The standard InChI is InChI=1S/C17H24N2O4/c1-17(8-4-5-9-17)16(21)19-14-10-12(23-3)6-7-13(14)18-15(20)11-22-2/h6-7,10H,4-5,8-9,11H2,1-3H3,(H,18,20)(H,19,21). The molecule has 1 saturated carbocycles. The molecule has 0 spiro atoms. The van der Waals surface area contributed by atoms with Gasteiger partial charge in [0.25, 0.3) is 0 Å². The normalized spacial score (nSPS) is 16.0. The Morgan fingerprint density at radius 2 is 1.83 bits per heavy atom. The van der Waals surface area contributed by atoms with Gasteiger partial charge in [-0.15, -0.1) is 0 Å². The number of amides is 2. The lowest BCUT2D eigenvalue weighted by Crippen LogP contribution is -2.31. The van der Waals surface area contributed by atoms with Crippen LogP contribution in [0.2, 0.25) is 0 Å². The Balaban J connectivity index is 2.20. The van der Waals surface area contributed by atoms with Crippen LogP contribution in [0.25, 0.3) is 0 Å². The minimum absolute atomic E-state index is 0.0227. The van der Waals surface area contributed by atoms with Gasteiger partial charge in [0.15, 0.2) is 0 Å². The Morgan fingerprint density at radius 1 is 1.13 bits per heavy atom. The van der Waals surface area contributed by atoms with E-state index in [9.17, 15) is 9.59 Å². The topological polar surface area (TPSA) is 76.7 Å². The van der Waals surface area contributed by atoms with Crippen LogP contribution in [0.5, 0.6) is 5.75 Å². The zero-order valence-corrected chi connectivity index (χ0v) is 13.9. The third-order valence-corrected chi connectivity index (χ3v) is 4.28. The number of rotatable bonds is 6. The number of anilines is 2. The first-order valence-electron chi connectivity index (χ1n) is 7.77. The molecule has 1 aliphatic carbocycles. The molecule has 0 saturated heterocycles. The minimum atomic E-state index is -0.350. The van der Waals surface area contributed by atoms with Gasteiger partial charge in [0.05, 0.1) is 18.5 Å². The fraction of sp³-hybridized carbons (Fsp3) is 0.529. The lowest BCUT2D eigenvalue weighted by molar-refractivity contribution is -0.124. The van der Waals surface area contributed by atoms with Gasteiger partial charge in [0.2, 0.25) is 11.8 Å². The van der Waals surface area contributed by atoms with Crippen molar-refractivity contribution >= 4 is 23.2 Å². The summed E-state index contributed by atoms with van der Waals surface area (Å²) in [7, 11) is 3.01. The van der Waals surface area contributed by atoms with Crippen LogP contribution in [-0.2, 0) is 14.3 Å². The van der Waals surface area contributed by atoms with Crippen LogP contribution in [0, 0.1) is 5.41 Å². The summed E-state index contributed by atoms with van der Waals surface area (Å²) in [5, 5.41) is 5.68. The number of nitrogens with one attached hydrogen (secondary N) is 2. The van der Waals surface area contributed by atoms with Gasteiger partial charge in [-0.05, 0) is 25.0 Å². The molecule has 0 radical (unpaired) electrons. The molecule has 23 heavy (non-hydrogen) atoms. The van der Waals surface area contributed by atoms with Crippen molar-refractivity contribution in [1.82, 2.24) is 0 Å². The second-order valence-electron chi connectivity index (χ2n) is 6.11. The average Bonchev–Trinajstić information content (AvgIpc) is 2.97. The van der Waals surface area contributed by atoms with Gasteiger partial charge < -0.3 is 20.1 Å². The molecule has 1 aliphatic rings. The van der Waals surface area contributed by atoms with E-state index in [1.807, 2.05) is 6.92 Å². The molecule has 0 bridgehead atoms. The van der Waals surface area contributed by atoms with E-state index in [2.05, 4.69) is 10.6 Å². The van der Waals surface area contributed by atoms with Crippen LogP contribution >= 0.6 is 0 Å². The van der Waals surface area contributed by atoms with E-state index in [4.69, 9.17) is 9.47 Å². The van der Waals surface area contributed by atoms with E-state index >= 15 is 0 Å². The van der Waals surface area contributed by atoms with Gasteiger partial charge in [-0.25, -0.2) is 0 Å². The molecular formula is C17H24N2O4. The van der Waals surface area contributed by atoms with Crippen LogP contribution in [0.1, 0.15) is 32.6 Å². The highest BCUT2D eigenvalue weighted by Gasteiger charge is 2.36. The predicted octanol–water partition coefficient (Wildman–Crippen LogP) is 2.80. The van der Waals surface area contributed by atoms with E-state index in [0.29, 0.717) is 17.1 Å². The quantitative estimate of drug-likeness (QED) is 0.845. The Morgan fingerprint density at radius 3 is 2.43 bits per heavy atom. The van der Waals surface area contributed by atoms with E-state index < -0.39 is 0 Å². The van der Waals surface area contributed by atoms with Crippen molar-refractivity contribution in [3.63, 3.8) is 0 Å². The second kappa shape index (κ2) is 7.46. The Hall–Kier alpha value is -2.08. The molecule has 6 heteroatoms. The molecule has 0 atom stereocenters. The fourth-order valence-electron chi connectivity index (χ4n) is 2.84. The van der Waals surface area contributed by atoms with Crippen LogP contribution in [0.4, 0.5) is 11.4 Å². The van der Waals surface area contributed by atoms with Gasteiger partial charge in [-0.2, -0.15) is 0 Å². The van der Waals surface area contributed by atoms with Crippen molar-refractivity contribution in [3.8, 4) is 5.75 Å². The third-order valence-electron chi connectivity index (χ3n) is 4.28. The van der Waals surface area contributed by atoms with Gasteiger partial charge in [0.1, 0.15) is 12.4 Å². The predicted molar refractivity (Wildman–Crippen MR) is 88.7 cm³/mol. The van der Waals surface area contributed by atoms with Gasteiger partial charge in [0, 0.05) is 18.6 Å². The number of carbonyl (C=O) groups is 2. The molecule has 0 heterocycles. The van der Waals surface area contributed by atoms with Gasteiger partial charge in [-0.1, -0.05) is 19.8 Å². The number of carbonyl (C=O) groups excluding carboxylic acids is 2. The largest absolute Gasteiger partial charge is 0.497 e. The van der Waals surface area contributed by atoms with Gasteiger partial charge in [-0.3, -0.25) is 9.59 Å². The smallest absolute Gasteiger partial charge is 0.250 e. The summed E-state index contributed by atoms with van der Waals surface area (Å²) in [6, 6.07) is 5.15. The molecule has 1 fully saturated rings. The SMILES string of the molecule is COCC(=O)Nc1ccc(OC)cc1NC(=O)C1(C)CCCC1. The minimum Gasteiger partial charge on any atom is -0.497 e. The number of benzene rings is 1. The lowest BCUT2D eigenvalue weighted by atomic mass is 9.88. The molecule has 2 N–H and O–H groups in total. The van der Waals surface area contributed by atoms with Crippen molar-refractivity contribution in [2.45, 2.75) is 32.6 Å². The fourth-order valence-corrected chi connectivity index (χ4v) is 2.84. The van der Waals surface area contributed by atoms with Crippen LogP contribution < -0.4 is 15.4 Å². The first kappa shape index (κ1) is 17.3. The molecule has 0 unspecified atom stereocenters. The maximum absolute atomic E-state index is 12.6.